The number of rotatable bonds is 6. The zero-order valence-corrected chi connectivity index (χ0v) is 12.0. The molecule has 110 valence electrons. The van der Waals surface area contributed by atoms with Crippen LogP contribution in [0.5, 0.6) is 11.5 Å². The molecule has 1 heterocycles. The first-order valence-corrected chi connectivity index (χ1v) is 6.83. The highest BCUT2D eigenvalue weighted by molar-refractivity contribution is 5.75. The van der Waals surface area contributed by atoms with Crippen LogP contribution in [0, 0.1) is 0 Å². The first-order valence-electron chi connectivity index (χ1n) is 6.83. The molecule has 0 aliphatic carbocycles. The zero-order valence-electron chi connectivity index (χ0n) is 12.0. The van der Waals surface area contributed by atoms with E-state index in [0.717, 1.165) is 37.4 Å². The summed E-state index contributed by atoms with van der Waals surface area (Å²) in [5.41, 5.74) is 0. The number of likely N-dealkylation sites (tertiary alicyclic amines) is 1. The Morgan fingerprint density at radius 3 is 2.60 bits per heavy atom. The molecule has 0 saturated carbocycles. The lowest BCUT2D eigenvalue weighted by Crippen LogP contribution is -2.39. The van der Waals surface area contributed by atoms with Gasteiger partial charge in [0.25, 0.3) is 0 Å². The average Bonchev–Trinajstić information content (AvgIpc) is 2.95. The molecule has 1 aromatic rings. The van der Waals surface area contributed by atoms with Crippen LogP contribution < -0.4 is 9.47 Å². The molecule has 0 N–H and O–H groups in total. The first-order chi connectivity index (χ1) is 9.74. The number of hydrogen-bond donors (Lipinski definition) is 0. The van der Waals surface area contributed by atoms with Crippen molar-refractivity contribution >= 4 is 5.97 Å². The van der Waals surface area contributed by atoms with Gasteiger partial charge in [-0.15, -0.1) is 0 Å². The van der Waals surface area contributed by atoms with E-state index in [1.807, 2.05) is 24.3 Å². The molecule has 0 radical (unpaired) electrons. The Labute approximate surface area is 119 Å². The molecular weight excluding hydrogens is 258 g/mol. The van der Waals surface area contributed by atoms with Crippen molar-refractivity contribution < 1.29 is 19.0 Å². The molecule has 1 saturated heterocycles. The molecule has 1 atom stereocenters. The highest BCUT2D eigenvalue weighted by Crippen LogP contribution is 2.19. The van der Waals surface area contributed by atoms with Gasteiger partial charge in [-0.3, -0.25) is 9.69 Å². The average molecular weight is 279 g/mol. The van der Waals surface area contributed by atoms with Crippen molar-refractivity contribution in [3.05, 3.63) is 24.3 Å². The van der Waals surface area contributed by atoms with Crippen LogP contribution in [0.2, 0.25) is 0 Å². The van der Waals surface area contributed by atoms with E-state index in [9.17, 15) is 4.79 Å². The highest BCUT2D eigenvalue weighted by Gasteiger charge is 2.30. The van der Waals surface area contributed by atoms with Gasteiger partial charge in [-0.05, 0) is 43.7 Å². The van der Waals surface area contributed by atoms with Gasteiger partial charge in [0.1, 0.15) is 24.1 Å². The Kier molecular flexibility index (Phi) is 5.24. The maximum absolute atomic E-state index is 11.6. The van der Waals surface area contributed by atoms with E-state index in [2.05, 4.69) is 4.90 Å². The minimum Gasteiger partial charge on any atom is -0.497 e. The third kappa shape index (κ3) is 3.63. The fourth-order valence-electron chi connectivity index (χ4n) is 2.45. The lowest BCUT2D eigenvalue weighted by atomic mass is 10.2. The molecule has 1 unspecified atom stereocenters. The summed E-state index contributed by atoms with van der Waals surface area (Å²) in [6.07, 6.45) is 1.90. The van der Waals surface area contributed by atoms with E-state index in [1.54, 1.807) is 7.11 Å². The van der Waals surface area contributed by atoms with E-state index in [-0.39, 0.29) is 12.0 Å². The predicted molar refractivity (Wildman–Crippen MR) is 75.1 cm³/mol. The second kappa shape index (κ2) is 7.14. The number of esters is 1. The molecule has 0 amide bonds. The van der Waals surface area contributed by atoms with Crippen molar-refractivity contribution in [3.8, 4) is 11.5 Å². The van der Waals surface area contributed by atoms with Crippen LogP contribution >= 0.6 is 0 Å². The maximum atomic E-state index is 11.6. The summed E-state index contributed by atoms with van der Waals surface area (Å²) in [4.78, 5) is 13.7. The zero-order chi connectivity index (χ0) is 14.4. The SMILES string of the molecule is COC(=O)C1CCCN1CCOc1ccc(OC)cc1. The second-order valence-electron chi connectivity index (χ2n) is 4.74. The van der Waals surface area contributed by atoms with E-state index < -0.39 is 0 Å². The summed E-state index contributed by atoms with van der Waals surface area (Å²) in [5.74, 6) is 1.47. The van der Waals surface area contributed by atoms with Crippen molar-refractivity contribution in [2.45, 2.75) is 18.9 Å². The first kappa shape index (κ1) is 14.7. The second-order valence-corrected chi connectivity index (χ2v) is 4.74. The van der Waals surface area contributed by atoms with Gasteiger partial charge in [-0.25, -0.2) is 0 Å². The van der Waals surface area contributed by atoms with Crippen molar-refractivity contribution in [1.29, 1.82) is 0 Å². The number of carbonyl (C=O) groups is 1. The van der Waals surface area contributed by atoms with Gasteiger partial charge in [0.05, 0.1) is 14.2 Å². The Balaban J connectivity index is 1.78. The van der Waals surface area contributed by atoms with Gasteiger partial charge in [-0.1, -0.05) is 0 Å². The molecule has 1 aromatic carbocycles. The third-order valence-corrected chi connectivity index (χ3v) is 3.54. The standard InChI is InChI=1S/C15H21NO4/c1-18-12-5-7-13(8-6-12)20-11-10-16-9-3-4-14(16)15(17)19-2/h5-8,14H,3-4,9-11H2,1-2H3. The lowest BCUT2D eigenvalue weighted by molar-refractivity contribution is -0.145. The van der Waals surface area contributed by atoms with E-state index in [0.29, 0.717) is 6.61 Å². The summed E-state index contributed by atoms with van der Waals surface area (Å²) in [6, 6.07) is 7.37. The minimum absolute atomic E-state index is 0.112. The number of ether oxygens (including phenoxy) is 3. The van der Waals surface area contributed by atoms with Crippen molar-refractivity contribution in [2.75, 3.05) is 33.9 Å². The van der Waals surface area contributed by atoms with Gasteiger partial charge < -0.3 is 14.2 Å². The fraction of sp³-hybridized carbons (Fsp3) is 0.533. The topological polar surface area (TPSA) is 48.0 Å². The molecule has 0 spiro atoms. The number of methoxy groups -OCH3 is 2. The smallest absolute Gasteiger partial charge is 0.323 e. The molecule has 2 rings (SSSR count). The number of nitrogens with zero attached hydrogens (tertiary/aromatic N) is 1. The van der Waals surface area contributed by atoms with E-state index in [1.165, 1.54) is 7.11 Å². The van der Waals surface area contributed by atoms with Crippen LogP contribution in [0.15, 0.2) is 24.3 Å². The molecule has 1 aliphatic rings. The molecule has 1 aliphatic heterocycles. The Morgan fingerprint density at radius 1 is 1.25 bits per heavy atom. The van der Waals surface area contributed by atoms with Crippen LogP contribution in [-0.4, -0.2) is 50.8 Å². The summed E-state index contributed by atoms with van der Waals surface area (Å²) in [6.45, 7) is 2.21. The van der Waals surface area contributed by atoms with Crippen LogP contribution in [-0.2, 0) is 9.53 Å². The lowest BCUT2D eigenvalue weighted by Gasteiger charge is -2.22. The summed E-state index contributed by atoms with van der Waals surface area (Å²) >= 11 is 0. The molecule has 0 bridgehead atoms. The fourth-order valence-corrected chi connectivity index (χ4v) is 2.45. The molecule has 5 nitrogen and oxygen atoms in total. The van der Waals surface area contributed by atoms with Crippen LogP contribution in [0.25, 0.3) is 0 Å². The van der Waals surface area contributed by atoms with Gasteiger partial charge >= 0.3 is 5.97 Å². The van der Waals surface area contributed by atoms with E-state index >= 15 is 0 Å². The van der Waals surface area contributed by atoms with Crippen molar-refractivity contribution in [1.82, 2.24) is 4.90 Å². The van der Waals surface area contributed by atoms with Gasteiger partial charge in [-0.2, -0.15) is 0 Å². The van der Waals surface area contributed by atoms with Gasteiger partial charge in [0, 0.05) is 6.54 Å². The molecular formula is C15H21NO4. The summed E-state index contributed by atoms with van der Waals surface area (Å²) < 4.78 is 15.6. The quantitative estimate of drug-likeness (QED) is 0.742. The minimum atomic E-state index is -0.146. The number of benzene rings is 1. The van der Waals surface area contributed by atoms with Gasteiger partial charge in [0.2, 0.25) is 0 Å². The maximum Gasteiger partial charge on any atom is 0.323 e. The number of carbonyl (C=O) groups excluding carboxylic acids is 1. The van der Waals surface area contributed by atoms with Gasteiger partial charge in [0.15, 0.2) is 0 Å². The normalized spacial score (nSPS) is 18.8. The number of hydrogen-bond acceptors (Lipinski definition) is 5. The predicted octanol–water partition coefficient (Wildman–Crippen LogP) is 1.71. The van der Waals surface area contributed by atoms with E-state index in [4.69, 9.17) is 14.2 Å². The summed E-state index contributed by atoms with van der Waals surface area (Å²) in [7, 11) is 3.07. The Hall–Kier alpha value is -1.75. The highest BCUT2D eigenvalue weighted by atomic mass is 16.5. The third-order valence-electron chi connectivity index (χ3n) is 3.54. The van der Waals surface area contributed by atoms with Crippen molar-refractivity contribution in [3.63, 3.8) is 0 Å². The van der Waals surface area contributed by atoms with Crippen molar-refractivity contribution in [2.24, 2.45) is 0 Å². The summed E-state index contributed by atoms with van der Waals surface area (Å²) in [5, 5.41) is 0. The molecule has 5 heteroatoms. The monoisotopic (exact) mass is 279 g/mol. The molecule has 20 heavy (non-hydrogen) atoms. The largest absolute Gasteiger partial charge is 0.497 e. The van der Waals surface area contributed by atoms with Crippen LogP contribution in [0.1, 0.15) is 12.8 Å². The Morgan fingerprint density at radius 2 is 1.95 bits per heavy atom. The molecule has 1 fully saturated rings. The molecule has 0 aromatic heterocycles. The van der Waals surface area contributed by atoms with Crippen LogP contribution in [0.3, 0.4) is 0 Å². The van der Waals surface area contributed by atoms with Crippen LogP contribution in [0.4, 0.5) is 0 Å². The Bertz CT molecular complexity index is 432.